The highest BCUT2D eigenvalue weighted by molar-refractivity contribution is 7.17. The minimum absolute atomic E-state index is 0.0607. The number of aromatic nitrogens is 3. The van der Waals surface area contributed by atoms with Gasteiger partial charge in [-0.2, -0.15) is 5.10 Å². The third-order valence-electron chi connectivity index (χ3n) is 4.41. The first-order valence-corrected chi connectivity index (χ1v) is 10.9. The number of amides is 2. The Hall–Kier alpha value is -3.30. The van der Waals surface area contributed by atoms with Crippen LogP contribution in [0.5, 0.6) is 0 Å². The van der Waals surface area contributed by atoms with Crippen LogP contribution in [0.4, 0.5) is 5.13 Å². The highest BCUT2D eigenvalue weighted by atomic mass is 32.1. The molecule has 0 unspecified atom stereocenters. The predicted molar refractivity (Wildman–Crippen MR) is 119 cm³/mol. The van der Waals surface area contributed by atoms with Gasteiger partial charge in [0.05, 0.1) is 40.3 Å². The molecule has 2 amide bonds. The van der Waals surface area contributed by atoms with Crippen molar-refractivity contribution in [2.75, 3.05) is 5.32 Å². The van der Waals surface area contributed by atoms with Gasteiger partial charge in [0.15, 0.2) is 5.13 Å². The Morgan fingerprint density at radius 1 is 1.13 bits per heavy atom. The second-order valence-corrected chi connectivity index (χ2v) is 8.59. The Balaban J connectivity index is 1.46. The molecular weight excluding hydrogens is 418 g/mol. The lowest BCUT2D eigenvalue weighted by Gasteiger charge is -2.05. The van der Waals surface area contributed by atoms with Crippen LogP contribution in [-0.2, 0) is 11.3 Å². The third-order valence-corrected chi connectivity index (χ3v) is 6.27. The summed E-state index contributed by atoms with van der Waals surface area (Å²) >= 11 is 2.93. The normalized spacial score (nSPS) is 10.7. The summed E-state index contributed by atoms with van der Waals surface area (Å²) in [4.78, 5) is 30.4. The SMILES string of the molecule is CC(=O)NCc1ccc(-c2csc(NC(=O)c3cnn(-c4ccccc4)c3C)n2)s1. The molecule has 0 aliphatic rings. The first kappa shape index (κ1) is 20.0. The minimum Gasteiger partial charge on any atom is -0.351 e. The van der Waals surface area contributed by atoms with Crippen LogP contribution in [0.1, 0.15) is 27.9 Å². The fourth-order valence-electron chi connectivity index (χ4n) is 2.89. The molecule has 0 aliphatic carbocycles. The second kappa shape index (κ2) is 8.60. The van der Waals surface area contributed by atoms with Crippen LogP contribution < -0.4 is 10.6 Å². The Labute approximate surface area is 181 Å². The average Bonchev–Trinajstić information content (AvgIpc) is 3.46. The van der Waals surface area contributed by atoms with Crippen LogP contribution in [0, 0.1) is 6.92 Å². The lowest BCUT2D eigenvalue weighted by molar-refractivity contribution is -0.119. The Bertz CT molecular complexity index is 1190. The van der Waals surface area contributed by atoms with Crippen LogP contribution in [0.3, 0.4) is 0 Å². The number of anilines is 1. The van der Waals surface area contributed by atoms with Crippen LogP contribution >= 0.6 is 22.7 Å². The Morgan fingerprint density at radius 2 is 1.93 bits per heavy atom. The minimum atomic E-state index is -0.242. The molecule has 9 heteroatoms. The van der Waals surface area contributed by atoms with Gasteiger partial charge in [-0.1, -0.05) is 18.2 Å². The fraction of sp³-hybridized carbons (Fsp3) is 0.143. The van der Waals surface area contributed by atoms with Crippen molar-refractivity contribution in [1.82, 2.24) is 20.1 Å². The van der Waals surface area contributed by atoms with E-state index in [1.54, 1.807) is 22.2 Å². The molecule has 152 valence electrons. The third kappa shape index (κ3) is 4.32. The molecule has 0 saturated carbocycles. The van der Waals surface area contributed by atoms with E-state index in [2.05, 4.69) is 20.7 Å². The maximum atomic E-state index is 12.7. The van der Waals surface area contributed by atoms with E-state index in [0.29, 0.717) is 17.2 Å². The largest absolute Gasteiger partial charge is 0.351 e. The molecule has 0 bridgehead atoms. The summed E-state index contributed by atoms with van der Waals surface area (Å²) in [6.07, 6.45) is 1.57. The molecule has 3 heterocycles. The number of hydrogen-bond acceptors (Lipinski definition) is 6. The van der Waals surface area contributed by atoms with Gasteiger partial charge in [0, 0.05) is 17.2 Å². The van der Waals surface area contributed by atoms with E-state index in [1.165, 1.54) is 18.3 Å². The van der Waals surface area contributed by atoms with E-state index in [-0.39, 0.29) is 11.8 Å². The Morgan fingerprint density at radius 3 is 2.70 bits per heavy atom. The zero-order valence-electron chi connectivity index (χ0n) is 16.4. The molecule has 1 aromatic carbocycles. The number of hydrogen-bond donors (Lipinski definition) is 2. The molecule has 2 N–H and O–H groups in total. The number of carbonyl (C=O) groups excluding carboxylic acids is 2. The summed E-state index contributed by atoms with van der Waals surface area (Å²) in [6, 6.07) is 13.6. The summed E-state index contributed by atoms with van der Waals surface area (Å²) in [5.74, 6) is -0.303. The van der Waals surface area contributed by atoms with E-state index in [1.807, 2.05) is 54.8 Å². The van der Waals surface area contributed by atoms with Gasteiger partial charge in [-0.25, -0.2) is 9.67 Å². The van der Waals surface area contributed by atoms with Crippen LogP contribution in [0.2, 0.25) is 0 Å². The molecule has 3 aromatic heterocycles. The van der Waals surface area contributed by atoms with Crippen molar-refractivity contribution in [1.29, 1.82) is 0 Å². The zero-order valence-corrected chi connectivity index (χ0v) is 18.0. The highest BCUT2D eigenvalue weighted by Crippen LogP contribution is 2.31. The van der Waals surface area contributed by atoms with E-state index in [4.69, 9.17) is 0 Å². The van der Waals surface area contributed by atoms with Gasteiger partial charge < -0.3 is 5.32 Å². The average molecular weight is 438 g/mol. The van der Waals surface area contributed by atoms with E-state index in [9.17, 15) is 9.59 Å². The number of thiophene rings is 1. The van der Waals surface area contributed by atoms with Crippen LogP contribution in [0.25, 0.3) is 16.3 Å². The summed E-state index contributed by atoms with van der Waals surface area (Å²) in [5, 5.41) is 12.4. The van der Waals surface area contributed by atoms with Crippen LogP contribution in [0.15, 0.2) is 54.0 Å². The van der Waals surface area contributed by atoms with Gasteiger partial charge in [-0.15, -0.1) is 22.7 Å². The molecule has 7 nitrogen and oxygen atoms in total. The quantitative estimate of drug-likeness (QED) is 0.472. The van der Waals surface area contributed by atoms with Gasteiger partial charge in [0.1, 0.15) is 0 Å². The molecule has 0 spiro atoms. The topological polar surface area (TPSA) is 88.9 Å². The molecule has 4 rings (SSSR count). The summed E-state index contributed by atoms with van der Waals surface area (Å²) < 4.78 is 1.74. The summed E-state index contributed by atoms with van der Waals surface area (Å²) in [7, 11) is 0. The molecule has 0 fully saturated rings. The van der Waals surface area contributed by atoms with Gasteiger partial charge in [-0.3, -0.25) is 14.9 Å². The molecule has 0 aliphatic heterocycles. The molecule has 0 radical (unpaired) electrons. The lowest BCUT2D eigenvalue weighted by Crippen LogP contribution is -2.17. The van der Waals surface area contributed by atoms with Crippen molar-refractivity contribution >= 4 is 39.6 Å². The van der Waals surface area contributed by atoms with Crippen molar-refractivity contribution in [2.45, 2.75) is 20.4 Å². The van der Waals surface area contributed by atoms with Crippen molar-refractivity contribution < 1.29 is 9.59 Å². The molecule has 4 aromatic rings. The molecular formula is C21H19N5O2S2. The number of benzene rings is 1. The molecule has 0 atom stereocenters. The van der Waals surface area contributed by atoms with E-state index in [0.717, 1.165) is 26.8 Å². The maximum Gasteiger partial charge on any atom is 0.260 e. The number of carbonyl (C=O) groups is 2. The number of thiazole rings is 1. The smallest absolute Gasteiger partial charge is 0.260 e. The standard InChI is InChI=1S/C21H19N5O2S2/c1-13-17(11-23-26(13)15-6-4-3-5-7-15)20(28)25-21-24-18(12-29-21)19-9-8-16(30-19)10-22-14(2)27/h3-9,11-12H,10H2,1-2H3,(H,22,27)(H,24,25,28). The maximum absolute atomic E-state index is 12.7. The molecule has 30 heavy (non-hydrogen) atoms. The number of nitrogens with zero attached hydrogens (tertiary/aromatic N) is 3. The van der Waals surface area contributed by atoms with Crippen LogP contribution in [-0.4, -0.2) is 26.6 Å². The summed E-state index contributed by atoms with van der Waals surface area (Å²) in [5.41, 5.74) is 2.96. The van der Waals surface area contributed by atoms with Crippen molar-refractivity contribution in [3.05, 3.63) is 70.2 Å². The predicted octanol–water partition coefficient (Wildman–Crippen LogP) is 4.25. The molecule has 0 saturated heterocycles. The number of rotatable bonds is 6. The van der Waals surface area contributed by atoms with Gasteiger partial charge in [0.2, 0.25) is 5.91 Å². The van der Waals surface area contributed by atoms with Gasteiger partial charge in [0.25, 0.3) is 5.91 Å². The highest BCUT2D eigenvalue weighted by Gasteiger charge is 2.17. The van der Waals surface area contributed by atoms with E-state index < -0.39 is 0 Å². The number of nitrogens with one attached hydrogen (secondary N) is 2. The van der Waals surface area contributed by atoms with Gasteiger partial charge in [-0.05, 0) is 31.2 Å². The number of para-hydroxylation sites is 1. The first-order chi connectivity index (χ1) is 14.5. The van der Waals surface area contributed by atoms with Crippen molar-refractivity contribution in [3.63, 3.8) is 0 Å². The second-order valence-electron chi connectivity index (χ2n) is 6.56. The van der Waals surface area contributed by atoms with E-state index >= 15 is 0 Å². The van der Waals surface area contributed by atoms with Crippen molar-refractivity contribution in [3.8, 4) is 16.3 Å². The summed E-state index contributed by atoms with van der Waals surface area (Å²) in [6.45, 7) is 3.86. The van der Waals surface area contributed by atoms with Gasteiger partial charge >= 0.3 is 0 Å². The fourth-order valence-corrected chi connectivity index (χ4v) is 4.58. The Kier molecular flexibility index (Phi) is 5.73. The zero-order chi connectivity index (χ0) is 21.1. The van der Waals surface area contributed by atoms with Crippen molar-refractivity contribution in [2.24, 2.45) is 0 Å². The monoisotopic (exact) mass is 437 g/mol. The lowest BCUT2D eigenvalue weighted by atomic mass is 10.2. The first-order valence-electron chi connectivity index (χ1n) is 9.21.